The third-order valence-corrected chi connectivity index (χ3v) is 3.26. The smallest absolute Gasteiger partial charge is 0.193 e. The largest absolute Gasteiger partial charge is 0.398 e. The fraction of sp³-hybridized carbons (Fsp3) is 0.0714. The summed E-state index contributed by atoms with van der Waals surface area (Å²) in [5.74, 6) is -2.12. The summed E-state index contributed by atoms with van der Waals surface area (Å²) in [5, 5.41) is 0. The number of benzene rings is 1. The van der Waals surface area contributed by atoms with Crippen molar-refractivity contribution in [1.29, 1.82) is 0 Å². The van der Waals surface area contributed by atoms with Crippen LogP contribution in [0.25, 0.3) is 0 Å². The van der Waals surface area contributed by atoms with Crippen molar-refractivity contribution in [3.63, 3.8) is 0 Å². The Bertz CT molecular complexity index is 667. The van der Waals surface area contributed by atoms with Crippen LogP contribution in [0.15, 0.2) is 47.7 Å². The van der Waals surface area contributed by atoms with Crippen LogP contribution in [0, 0.1) is 5.92 Å². The van der Waals surface area contributed by atoms with Gasteiger partial charge in [-0.25, -0.2) is 0 Å². The second kappa shape index (κ2) is 3.50. The van der Waals surface area contributed by atoms with Gasteiger partial charge in [-0.2, -0.15) is 0 Å². The second-order valence-corrected chi connectivity index (χ2v) is 4.28. The highest BCUT2D eigenvalue weighted by Gasteiger charge is 2.42. The molecule has 2 aliphatic rings. The highest BCUT2D eigenvalue weighted by molar-refractivity contribution is 6.31. The van der Waals surface area contributed by atoms with Crippen molar-refractivity contribution >= 4 is 17.3 Å². The third-order valence-electron chi connectivity index (χ3n) is 3.26. The molecule has 0 bridgehead atoms. The lowest BCUT2D eigenvalue weighted by atomic mass is 9.73. The van der Waals surface area contributed by atoms with E-state index in [4.69, 9.17) is 5.73 Å². The van der Waals surface area contributed by atoms with Gasteiger partial charge in [0, 0.05) is 22.4 Å². The first-order chi connectivity index (χ1) is 8.61. The lowest BCUT2D eigenvalue weighted by Gasteiger charge is -2.26. The molecule has 0 aromatic heterocycles. The maximum Gasteiger partial charge on any atom is 0.193 e. The fourth-order valence-electron chi connectivity index (χ4n) is 2.39. The number of Topliss-reactive ketones (excluding diaryl/α,β-unsaturated/α-hetero) is 2. The number of nitrogens with two attached hydrogens (primary N) is 1. The first-order valence-electron chi connectivity index (χ1n) is 5.51. The van der Waals surface area contributed by atoms with Crippen molar-refractivity contribution in [2.45, 2.75) is 0 Å². The van der Waals surface area contributed by atoms with E-state index in [0.29, 0.717) is 11.1 Å². The number of hydrogen-bond acceptors (Lipinski definition) is 4. The molecule has 2 aliphatic carbocycles. The summed E-state index contributed by atoms with van der Waals surface area (Å²) >= 11 is 0. The Labute approximate surface area is 103 Å². The maximum absolute atomic E-state index is 12.3. The summed E-state index contributed by atoms with van der Waals surface area (Å²) in [4.78, 5) is 36.3. The van der Waals surface area contributed by atoms with Gasteiger partial charge in [0.2, 0.25) is 0 Å². The minimum atomic E-state index is -1.06. The summed E-state index contributed by atoms with van der Waals surface area (Å²) < 4.78 is 0. The lowest BCUT2D eigenvalue weighted by molar-refractivity contribution is -0.116. The van der Waals surface area contributed by atoms with E-state index in [1.807, 2.05) is 0 Å². The molecule has 4 heteroatoms. The number of carbonyl (C=O) groups excluding carboxylic acids is 3. The van der Waals surface area contributed by atoms with Gasteiger partial charge in [-0.15, -0.1) is 0 Å². The van der Waals surface area contributed by atoms with Gasteiger partial charge >= 0.3 is 0 Å². The van der Waals surface area contributed by atoms with Gasteiger partial charge < -0.3 is 5.73 Å². The standard InChI is InChI=1S/C14H9NO3/c15-9-5-6-10(16)12-11(9)13(17)7-3-1-2-4-8(7)14(12)18/h1-6,12H,15H2. The zero-order valence-electron chi connectivity index (χ0n) is 9.34. The number of ketones is 3. The van der Waals surface area contributed by atoms with Crippen molar-refractivity contribution in [3.8, 4) is 0 Å². The van der Waals surface area contributed by atoms with Gasteiger partial charge in [0.1, 0.15) is 5.92 Å². The zero-order chi connectivity index (χ0) is 12.9. The van der Waals surface area contributed by atoms with Gasteiger partial charge in [0.25, 0.3) is 0 Å². The number of allylic oxidation sites excluding steroid dienone is 3. The Morgan fingerprint density at radius 1 is 0.944 bits per heavy atom. The molecular weight excluding hydrogens is 230 g/mol. The molecule has 3 rings (SSSR count). The maximum atomic E-state index is 12.3. The molecule has 0 heterocycles. The van der Waals surface area contributed by atoms with E-state index in [2.05, 4.69) is 0 Å². The van der Waals surface area contributed by atoms with Crippen LogP contribution < -0.4 is 5.73 Å². The summed E-state index contributed by atoms with van der Waals surface area (Å²) in [5.41, 5.74) is 6.67. The first kappa shape index (κ1) is 10.7. The van der Waals surface area contributed by atoms with Crippen LogP contribution in [-0.2, 0) is 4.79 Å². The molecule has 1 atom stereocenters. The highest BCUT2D eigenvalue weighted by atomic mass is 16.2. The average molecular weight is 239 g/mol. The van der Waals surface area contributed by atoms with Crippen molar-refractivity contribution < 1.29 is 14.4 Å². The van der Waals surface area contributed by atoms with Crippen LogP contribution in [0.3, 0.4) is 0 Å². The molecule has 0 spiro atoms. The average Bonchev–Trinajstić information content (AvgIpc) is 2.38. The Kier molecular flexibility index (Phi) is 2.07. The predicted octanol–water partition coefficient (Wildman–Crippen LogP) is 1.03. The molecule has 1 aromatic rings. The molecule has 0 aliphatic heterocycles. The molecule has 0 saturated carbocycles. The van der Waals surface area contributed by atoms with Gasteiger partial charge in [-0.1, -0.05) is 24.3 Å². The zero-order valence-corrected chi connectivity index (χ0v) is 9.34. The number of fused-ring (bicyclic) bond motifs is 2. The third kappa shape index (κ3) is 1.23. The molecule has 0 saturated heterocycles. The monoisotopic (exact) mass is 239 g/mol. The van der Waals surface area contributed by atoms with E-state index in [1.165, 1.54) is 12.2 Å². The molecule has 18 heavy (non-hydrogen) atoms. The van der Waals surface area contributed by atoms with E-state index in [1.54, 1.807) is 24.3 Å². The molecular formula is C14H9NO3. The molecule has 88 valence electrons. The Hall–Kier alpha value is -2.49. The van der Waals surface area contributed by atoms with E-state index in [0.717, 1.165) is 0 Å². The second-order valence-electron chi connectivity index (χ2n) is 4.28. The van der Waals surface area contributed by atoms with Crippen LogP contribution in [0.5, 0.6) is 0 Å². The van der Waals surface area contributed by atoms with E-state index in [-0.39, 0.29) is 28.6 Å². The normalized spacial score (nSPS) is 22.0. The topological polar surface area (TPSA) is 77.2 Å². The quantitative estimate of drug-likeness (QED) is 0.686. The van der Waals surface area contributed by atoms with Crippen molar-refractivity contribution in [2.24, 2.45) is 11.7 Å². The Balaban J connectivity index is 2.32. The predicted molar refractivity (Wildman–Crippen MR) is 64.0 cm³/mol. The van der Waals surface area contributed by atoms with Crippen LogP contribution in [0.4, 0.5) is 0 Å². The van der Waals surface area contributed by atoms with Crippen LogP contribution in [-0.4, -0.2) is 17.3 Å². The highest BCUT2D eigenvalue weighted by Crippen LogP contribution is 2.33. The van der Waals surface area contributed by atoms with Crippen LogP contribution in [0.2, 0.25) is 0 Å². The molecule has 0 amide bonds. The van der Waals surface area contributed by atoms with Crippen molar-refractivity contribution in [1.82, 2.24) is 0 Å². The summed E-state index contributed by atoms with van der Waals surface area (Å²) in [7, 11) is 0. The van der Waals surface area contributed by atoms with E-state index in [9.17, 15) is 14.4 Å². The first-order valence-corrected chi connectivity index (χ1v) is 5.51. The molecule has 2 N–H and O–H groups in total. The summed E-state index contributed by atoms with van der Waals surface area (Å²) in [6, 6.07) is 6.50. The van der Waals surface area contributed by atoms with Gasteiger partial charge in [0.05, 0.1) is 0 Å². The van der Waals surface area contributed by atoms with Crippen LogP contribution in [0.1, 0.15) is 20.7 Å². The number of rotatable bonds is 0. The van der Waals surface area contributed by atoms with E-state index >= 15 is 0 Å². The van der Waals surface area contributed by atoms with E-state index < -0.39 is 5.92 Å². The van der Waals surface area contributed by atoms with Crippen molar-refractivity contribution in [2.75, 3.05) is 0 Å². The molecule has 4 nitrogen and oxygen atoms in total. The molecule has 0 fully saturated rings. The van der Waals surface area contributed by atoms with Crippen LogP contribution >= 0.6 is 0 Å². The van der Waals surface area contributed by atoms with Crippen molar-refractivity contribution in [3.05, 3.63) is 58.8 Å². The molecule has 1 unspecified atom stereocenters. The number of hydrogen-bond donors (Lipinski definition) is 1. The molecule has 1 aromatic carbocycles. The number of carbonyl (C=O) groups is 3. The summed E-state index contributed by atoms with van der Waals surface area (Å²) in [6.07, 6.45) is 2.63. The minimum Gasteiger partial charge on any atom is -0.398 e. The fourth-order valence-corrected chi connectivity index (χ4v) is 2.39. The SMILES string of the molecule is NC1=C2C(=O)c3ccccc3C(=O)C2C(=O)C=C1. The molecule has 0 radical (unpaired) electrons. The lowest BCUT2D eigenvalue weighted by Crippen LogP contribution is -2.37. The Morgan fingerprint density at radius 3 is 2.33 bits per heavy atom. The van der Waals surface area contributed by atoms with Gasteiger partial charge in [-0.3, -0.25) is 14.4 Å². The van der Waals surface area contributed by atoms with Gasteiger partial charge in [0.15, 0.2) is 17.3 Å². The minimum absolute atomic E-state index is 0.117. The Morgan fingerprint density at radius 2 is 1.61 bits per heavy atom. The van der Waals surface area contributed by atoms with Gasteiger partial charge in [-0.05, 0) is 12.2 Å². The summed E-state index contributed by atoms with van der Waals surface area (Å²) in [6.45, 7) is 0.